The number of hydrogen-bond acceptors (Lipinski definition) is 3. The van der Waals surface area contributed by atoms with Gasteiger partial charge in [-0.1, -0.05) is 36.4 Å². The average molecular weight is 380 g/mol. The summed E-state index contributed by atoms with van der Waals surface area (Å²) in [7, 11) is 0. The van der Waals surface area contributed by atoms with Gasteiger partial charge in [0.1, 0.15) is 6.04 Å². The summed E-state index contributed by atoms with van der Waals surface area (Å²) in [6, 6.07) is 15.3. The number of likely N-dealkylation sites (tertiary alicyclic amines) is 1. The number of nitrogens with zero attached hydrogens (tertiary/aromatic N) is 1. The van der Waals surface area contributed by atoms with E-state index in [9.17, 15) is 19.5 Å². The van der Waals surface area contributed by atoms with Gasteiger partial charge in [-0.15, -0.1) is 0 Å². The van der Waals surface area contributed by atoms with Gasteiger partial charge in [-0.25, -0.2) is 4.79 Å². The Morgan fingerprint density at radius 3 is 2.54 bits per heavy atom. The Bertz CT molecular complexity index is 866. The van der Waals surface area contributed by atoms with E-state index in [2.05, 4.69) is 5.32 Å². The lowest BCUT2D eigenvalue weighted by molar-refractivity contribution is -0.143. The SMILES string of the molecule is C[C@@H](C(=O)Nc1cccc(C(=O)N2CCCCC2C(=O)O)c1)c1ccccc1. The normalized spacial score (nSPS) is 17.6. The minimum absolute atomic E-state index is 0.169. The largest absolute Gasteiger partial charge is 0.480 e. The molecule has 6 heteroatoms. The van der Waals surface area contributed by atoms with Gasteiger partial charge in [0, 0.05) is 17.8 Å². The highest BCUT2D eigenvalue weighted by Crippen LogP contribution is 2.22. The molecule has 6 nitrogen and oxygen atoms in total. The van der Waals surface area contributed by atoms with Gasteiger partial charge in [-0.2, -0.15) is 0 Å². The lowest BCUT2D eigenvalue weighted by atomic mass is 10.00. The Kier molecular flexibility index (Phi) is 6.09. The van der Waals surface area contributed by atoms with Crippen LogP contribution in [0.1, 0.15) is 48.0 Å². The van der Waals surface area contributed by atoms with Crippen LogP contribution in [0, 0.1) is 0 Å². The summed E-state index contributed by atoms with van der Waals surface area (Å²) in [5, 5.41) is 12.2. The number of carboxylic acid groups (broad SMARTS) is 1. The molecule has 0 saturated carbocycles. The monoisotopic (exact) mass is 380 g/mol. The average Bonchev–Trinajstić information content (AvgIpc) is 2.73. The van der Waals surface area contributed by atoms with E-state index in [0.717, 1.165) is 18.4 Å². The number of hydrogen-bond donors (Lipinski definition) is 2. The Balaban J connectivity index is 1.74. The van der Waals surface area contributed by atoms with Crippen molar-refractivity contribution in [2.24, 2.45) is 0 Å². The molecular formula is C22H24N2O4. The molecule has 2 aromatic rings. The molecule has 1 heterocycles. The van der Waals surface area contributed by atoms with Gasteiger partial charge in [0.05, 0.1) is 5.92 Å². The van der Waals surface area contributed by atoms with Crippen LogP contribution in [0.4, 0.5) is 5.69 Å². The zero-order chi connectivity index (χ0) is 20.1. The third-order valence-corrected chi connectivity index (χ3v) is 5.12. The van der Waals surface area contributed by atoms with Crippen LogP contribution in [-0.2, 0) is 9.59 Å². The number of carbonyl (C=O) groups excluding carboxylic acids is 2. The third-order valence-electron chi connectivity index (χ3n) is 5.12. The smallest absolute Gasteiger partial charge is 0.326 e. The number of nitrogens with one attached hydrogen (secondary N) is 1. The summed E-state index contributed by atoms with van der Waals surface area (Å²) in [5.41, 5.74) is 1.80. The molecule has 28 heavy (non-hydrogen) atoms. The fourth-order valence-corrected chi connectivity index (χ4v) is 3.47. The molecule has 1 fully saturated rings. The molecule has 0 aliphatic carbocycles. The van der Waals surface area contributed by atoms with Crippen LogP contribution < -0.4 is 5.32 Å². The van der Waals surface area contributed by atoms with Gasteiger partial charge in [-0.3, -0.25) is 9.59 Å². The molecule has 146 valence electrons. The lowest BCUT2D eigenvalue weighted by Crippen LogP contribution is -2.48. The van der Waals surface area contributed by atoms with Gasteiger partial charge in [0.2, 0.25) is 5.91 Å². The third kappa shape index (κ3) is 4.39. The second-order valence-electron chi connectivity index (χ2n) is 7.05. The zero-order valence-corrected chi connectivity index (χ0v) is 15.8. The molecule has 3 rings (SSSR count). The molecule has 1 unspecified atom stereocenters. The number of carboxylic acids is 1. The number of anilines is 1. The first-order valence-corrected chi connectivity index (χ1v) is 9.47. The van der Waals surface area contributed by atoms with Crippen molar-refractivity contribution >= 4 is 23.5 Å². The number of amides is 2. The molecule has 0 bridgehead atoms. The maximum atomic E-state index is 12.9. The number of carbonyl (C=O) groups is 3. The minimum atomic E-state index is -0.978. The van der Waals surface area contributed by atoms with E-state index in [1.54, 1.807) is 24.3 Å². The van der Waals surface area contributed by atoms with E-state index in [1.807, 2.05) is 37.3 Å². The van der Waals surface area contributed by atoms with Crippen LogP contribution in [0.25, 0.3) is 0 Å². The van der Waals surface area contributed by atoms with Gasteiger partial charge >= 0.3 is 5.97 Å². The van der Waals surface area contributed by atoms with Crippen LogP contribution in [-0.4, -0.2) is 40.4 Å². The first-order chi connectivity index (χ1) is 13.5. The molecule has 1 aliphatic rings. The Labute approximate surface area is 164 Å². The van der Waals surface area contributed by atoms with Crippen LogP contribution in [0.3, 0.4) is 0 Å². The van der Waals surface area contributed by atoms with Crippen molar-refractivity contribution in [3.05, 3.63) is 65.7 Å². The number of benzene rings is 2. The maximum absolute atomic E-state index is 12.9. The topological polar surface area (TPSA) is 86.7 Å². The molecule has 2 N–H and O–H groups in total. The highest BCUT2D eigenvalue weighted by atomic mass is 16.4. The Morgan fingerprint density at radius 2 is 1.82 bits per heavy atom. The van der Waals surface area contributed by atoms with Crippen molar-refractivity contribution in [2.45, 2.75) is 38.1 Å². The second kappa shape index (κ2) is 8.69. The van der Waals surface area contributed by atoms with Gasteiger partial charge in [-0.05, 0) is 49.9 Å². The quantitative estimate of drug-likeness (QED) is 0.831. The summed E-state index contributed by atoms with van der Waals surface area (Å²) >= 11 is 0. The second-order valence-corrected chi connectivity index (χ2v) is 7.05. The van der Waals surface area contributed by atoms with Crippen LogP contribution in [0.2, 0.25) is 0 Å². The molecular weight excluding hydrogens is 356 g/mol. The first kappa shape index (κ1) is 19.6. The Morgan fingerprint density at radius 1 is 1.07 bits per heavy atom. The molecule has 1 aliphatic heterocycles. The van der Waals surface area contributed by atoms with E-state index >= 15 is 0 Å². The fraction of sp³-hybridized carbons (Fsp3) is 0.318. The van der Waals surface area contributed by atoms with E-state index in [0.29, 0.717) is 24.2 Å². The standard InChI is InChI=1S/C22H24N2O4/c1-15(16-8-3-2-4-9-16)20(25)23-18-11-7-10-17(14-18)21(26)24-13-6-5-12-19(24)22(27)28/h2-4,7-11,14-15,19H,5-6,12-13H2,1H3,(H,23,25)(H,27,28)/t15-,19?/m1/s1. The number of rotatable bonds is 5. The predicted molar refractivity (Wildman–Crippen MR) is 106 cm³/mol. The van der Waals surface area contributed by atoms with Crippen molar-refractivity contribution < 1.29 is 19.5 Å². The van der Waals surface area contributed by atoms with E-state index in [-0.39, 0.29) is 17.7 Å². The molecule has 0 aromatic heterocycles. The van der Waals surface area contributed by atoms with Gasteiger partial charge in [0.15, 0.2) is 0 Å². The Hall–Kier alpha value is -3.15. The summed E-state index contributed by atoms with van der Waals surface area (Å²) in [6.45, 7) is 2.25. The van der Waals surface area contributed by atoms with Gasteiger partial charge in [0.25, 0.3) is 5.91 Å². The van der Waals surface area contributed by atoms with Crippen LogP contribution in [0.15, 0.2) is 54.6 Å². The summed E-state index contributed by atoms with van der Waals surface area (Å²) < 4.78 is 0. The fourth-order valence-electron chi connectivity index (χ4n) is 3.47. The molecule has 0 spiro atoms. The van der Waals surface area contributed by atoms with Crippen LogP contribution >= 0.6 is 0 Å². The minimum Gasteiger partial charge on any atom is -0.480 e. The van der Waals surface area contributed by atoms with E-state index in [4.69, 9.17) is 0 Å². The molecule has 0 radical (unpaired) electrons. The summed E-state index contributed by atoms with van der Waals surface area (Å²) in [4.78, 5) is 38.3. The van der Waals surface area contributed by atoms with Gasteiger partial charge < -0.3 is 15.3 Å². The van der Waals surface area contributed by atoms with Crippen molar-refractivity contribution in [2.75, 3.05) is 11.9 Å². The number of aliphatic carboxylic acids is 1. The number of piperidine rings is 1. The van der Waals surface area contributed by atoms with Crippen molar-refractivity contribution in [3.63, 3.8) is 0 Å². The van der Waals surface area contributed by atoms with E-state index < -0.39 is 12.0 Å². The molecule has 2 aromatic carbocycles. The van der Waals surface area contributed by atoms with Crippen molar-refractivity contribution in [1.82, 2.24) is 4.90 Å². The van der Waals surface area contributed by atoms with Crippen molar-refractivity contribution in [1.29, 1.82) is 0 Å². The van der Waals surface area contributed by atoms with Crippen LogP contribution in [0.5, 0.6) is 0 Å². The van der Waals surface area contributed by atoms with E-state index in [1.165, 1.54) is 4.90 Å². The highest BCUT2D eigenvalue weighted by molar-refractivity contribution is 6.00. The van der Waals surface area contributed by atoms with Crippen molar-refractivity contribution in [3.8, 4) is 0 Å². The predicted octanol–water partition coefficient (Wildman–Crippen LogP) is 3.51. The maximum Gasteiger partial charge on any atom is 0.326 e. The highest BCUT2D eigenvalue weighted by Gasteiger charge is 2.32. The molecule has 2 atom stereocenters. The molecule has 2 amide bonds. The summed E-state index contributed by atoms with van der Waals surface area (Å²) in [6.07, 6.45) is 2.06. The first-order valence-electron chi connectivity index (χ1n) is 9.47. The molecule has 1 saturated heterocycles. The zero-order valence-electron chi connectivity index (χ0n) is 15.8. The lowest BCUT2D eigenvalue weighted by Gasteiger charge is -2.33. The summed E-state index contributed by atoms with van der Waals surface area (Å²) in [5.74, 6) is -1.80.